The van der Waals surface area contributed by atoms with Crippen molar-refractivity contribution in [1.82, 2.24) is 10.3 Å². The number of fused-ring (bicyclic) bond motifs is 1. The lowest BCUT2D eigenvalue weighted by Crippen LogP contribution is -2.45. The normalized spacial score (nSPS) is 19.7. The van der Waals surface area contributed by atoms with Crippen LogP contribution < -0.4 is 5.32 Å². The molecule has 1 unspecified atom stereocenters. The van der Waals surface area contributed by atoms with Gasteiger partial charge in [0.05, 0.1) is 11.4 Å². The highest BCUT2D eigenvalue weighted by molar-refractivity contribution is 5.85. The van der Waals surface area contributed by atoms with Crippen LogP contribution in [0.2, 0.25) is 0 Å². The van der Waals surface area contributed by atoms with Gasteiger partial charge in [-0.15, -0.1) is 24.8 Å². The highest BCUT2D eigenvalue weighted by Gasteiger charge is 2.37. The summed E-state index contributed by atoms with van der Waals surface area (Å²) in [5.41, 5.74) is 2.26. The van der Waals surface area contributed by atoms with E-state index < -0.39 is 5.97 Å². The molecule has 4 nitrogen and oxygen atoms in total. The van der Waals surface area contributed by atoms with Crippen LogP contribution in [0.25, 0.3) is 10.9 Å². The molecule has 1 aliphatic carbocycles. The first kappa shape index (κ1) is 22.7. The third kappa shape index (κ3) is 5.32. The van der Waals surface area contributed by atoms with E-state index in [1.807, 2.05) is 12.3 Å². The number of carboxylic acids is 1. The number of carboxylic acid groups (broad SMARTS) is 1. The maximum absolute atomic E-state index is 11.4. The van der Waals surface area contributed by atoms with E-state index in [2.05, 4.69) is 41.5 Å². The van der Waals surface area contributed by atoms with E-state index in [1.165, 1.54) is 5.56 Å². The smallest absolute Gasteiger partial charge is 0.306 e. The third-order valence-electron chi connectivity index (χ3n) is 5.23. The number of rotatable bonds is 8. The van der Waals surface area contributed by atoms with E-state index in [4.69, 9.17) is 0 Å². The first-order valence-electron chi connectivity index (χ1n) is 8.98. The van der Waals surface area contributed by atoms with Crippen molar-refractivity contribution in [2.75, 3.05) is 0 Å². The molecule has 2 N–H and O–H groups in total. The molecule has 0 saturated heterocycles. The van der Waals surface area contributed by atoms with Crippen molar-refractivity contribution in [3.05, 3.63) is 42.1 Å². The van der Waals surface area contributed by atoms with Crippen LogP contribution in [-0.2, 0) is 11.3 Å². The maximum Gasteiger partial charge on any atom is 0.306 e. The van der Waals surface area contributed by atoms with Crippen LogP contribution in [0.15, 0.2) is 36.5 Å². The van der Waals surface area contributed by atoms with Crippen molar-refractivity contribution >= 4 is 41.7 Å². The molecule has 0 spiro atoms. The molecule has 6 heteroatoms. The molecule has 0 radical (unpaired) electrons. The van der Waals surface area contributed by atoms with Gasteiger partial charge in [0.15, 0.2) is 0 Å². The van der Waals surface area contributed by atoms with Gasteiger partial charge < -0.3 is 10.4 Å². The Labute approximate surface area is 167 Å². The molecule has 144 valence electrons. The summed E-state index contributed by atoms with van der Waals surface area (Å²) in [6.45, 7) is 2.90. The molecule has 1 aromatic heterocycles. The number of unbranched alkanes of at least 4 members (excludes halogenated alkanes) is 1. The van der Waals surface area contributed by atoms with E-state index >= 15 is 0 Å². The highest BCUT2D eigenvalue weighted by atomic mass is 35.5. The summed E-state index contributed by atoms with van der Waals surface area (Å²) in [5, 5.41) is 14.2. The number of halogens is 2. The largest absolute Gasteiger partial charge is 0.481 e. The van der Waals surface area contributed by atoms with Gasteiger partial charge in [0, 0.05) is 24.2 Å². The molecule has 1 aliphatic rings. The van der Waals surface area contributed by atoms with Gasteiger partial charge in [-0.2, -0.15) is 0 Å². The van der Waals surface area contributed by atoms with Gasteiger partial charge in [0.1, 0.15) is 0 Å². The predicted molar refractivity (Wildman–Crippen MR) is 110 cm³/mol. The van der Waals surface area contributed by atoms with E-state index in [-0.39, 0.29) is 30.7 Å². The summed E-state index contributed by atoms with van der Waals surface area (Å²) in [5.74, 6) is -0.454. The Morgan fingerprint density at radius 1 is 1.27 bits per heavy atom. The fourth-order valence-corrected chi connectivity index (χ4v) is 3.71. The molecule has 0 bridgehead atoms. The SMILES string of the molecule is CCCCC(C(=O)O)C1CC(NCc2cccc3cccnc23)C1.Cl.Cl. The van der Waals surface area contributed by atoms with Crippen molar-refractivity contribution in [1.29, 1.82) is 0 Å². The number of nitrogens with zero attached hydrogens (tertiary/aromatic N) is 1. The zero-order valence-electron chi connectivity index (χ0n) is 15.1. The minimum atomic E-state index is -0.620. The molecule has 26 heavy (non-hydrogen) atoms. The molecule has 1 aromatic carbocycles. The van der Waals surface area contributed by atoms with Gasteiger partial charge in [0.25, 0.3) is 0 Å². The van der Waals surface area contributed by atoms with Crippen molar-refractivity contribution < 1.29 is 9.90 Å². The zero-order chi connectivity index (χ0) is 16.9. The van der Waals surface area contributed by atoms with Gasteiger partial charge in [-0.25, -0.2) is 0 Å². The Balaban J connectivity index is 0.00000169. The third-order valence-corrected chi connectivity index (χ3v) is 5.23. The molecule has 1 fully saturated rings. The summed E-state index contributed by atoms with van der Waals surface area (Å²) in [6.07, 6.45) is 6.66. The summed E-state index contributed by atoms with van der Waals surface area (Å²) < 4.78 is 0. The van der Waals surface area contributed by atoms with E-state index in [0.29, 0.717) is 12.0 Å². The molecule has 3 rings (SSSR count). The molecule has 2 aromatic rings. The van der Waals surface area contributed by atoms with Crippen LogP contribution in [0.4, 0.5) is 0 Å². The van der Waals surface area contributed by atoms with E-state index in [0.717, 1.165) is 49.6 Å². The van der Waals surface area contributed by atoms with Crippen molar-refractivity contribution in [2.45, 2.75) is 51.6 Å². The van der Waals surface area contributed by atoms with Crippen molar-refractivity contribution in [3.63, 3.8) is 0 Å². The van der Waals surface area contributed by atoms with Crippen LogP contribution in [0.1, 0.15) is 44.6 Å². The Morgan fingerprint density at radius 3 is 2.69 bits per heavy atom. The second-order valence-corrected chi connectivity index (χ2v) is 6.89. The number of aliphatic carboxylic acids is 1. The Bertz CT molecular complexity index is 700. The minimum Gasteiger partial charge on any atom is -0.481 e. The van der Waals surface area contributed by atoms with Crippen LogP contribution in [0, 0.1) is 11.8 Å². The second kappa shape index (κ2) is 10.7. The summed E-state index contributed by atoms with van der Waals surface area (Å²) >= 11 is 0. The standard InChI is InChI=1S/C20H26N2O2.2ClH/c1-2-3-9-18(20(23)24)16-11-17(12-16)22-13-15-7-4-6-14-8-5-10-21-19(14)15;;/h4-8,10,16-18,22H,2-3,9,11-13H2,1H3,(H,23,24);2*1H. The van der Waals surface area contributed by atoms with Crippen LogP contribution in [0.3, 0.4) is 0 Å². The quantitative estimate of drug-likeness (QED) is 0.667. The topological polar surface area (TPSA) is 62.2 Å². The molecule has 1 atom stereocenters. The number of benzene rings is 1. The molecule has 1 saturated carbocycles. The van der Waals surface area contributed by atoms with Gasteiger partial charge in [0.2, 0.25) is 0 Å². The number of pyridine rings is 1. The Hall–Kier alpha value is -1.36. The molecular weight excluding hydrogens is 371 g/mol. The molecular formula is C20H28Cl2N2O2. The summed E-state index contributed by atoms with van der Waals surface area (Å²) in [7, 11) is 0. The van der Waals surface area contributed by atoms with Gasteiger partial charge in [-0.3, -0.25) is 9.78 Å². The number of hydrogen-bond acceptors (Lipinski definition) is 3. The number of nitrogens with one attached hydrogen (secondary N) is 1. The summed E-state index contributed by atoms with van der Waals surface area (Å²) in [6, 6.07) is 10.7. The van der Waals surface area contributed by atoms with E-state index in [1.54, 1.807) is 0 Å². The Kier molecular flexibility index (Phi) is 9.34. The fraction of sp³-hybridized carbons (Fsp3) is 0.500. The lowest BCUT2D eigenvalue weighted by molar-refractivity contribution is -0.145. The molecule has 0 aliphatic heterocycles. The van der Waals surface area contributed by atoms with Gasteiger partial charge >= 0.3 is 5.97 Å². The number of aromatic nitrogens is 1. The highest BCUT2D eigenvalue weighted by Crippen LogP contribution is 2.37. The number of hydrogen-bond donors (Lipinski definition) is 2. The lowest BCUT2D eigenvalue weighted by atomic mass is 9.70. The van der Waals surface area contributed by atoms with Crippen LogP contribution in [-0.4, -0.2) is 22.1 Å². The average molecular weight is 399 g/mol. The van der Waals surface area contributed by atoms with E-state index in [9.17, 15) is 9.90 Å². The number of para-hydroxylation sites is 1. The minimum absolute atomic E-state index is 0. The molecule has 1 heterocycles. The second-order valence-electron chi connectivity index (χ2n) is 6.89. The number of carbonyl (C=O) groups is 1. The predicted octanol–water partition coefficient (Wildman–Crippen LogP) is 4.84. The first-order chi connectivity index (χ1) is 11.7. The monoisotopic (exact) mass is 398 g/mol. The maximum atomic E-state index is 11.4. The zero-order valence-corrected chi connectivity index (χ0v) is 16.7. The van der Waals surface area contributed by atoms with Gasteiger partial charge in [-0.05, 0) is 36.8 Å². The van der Waals surface area contributed by atoms with Crippen LogP contribution in [0.5, 0.6) is 0 Å². The van der Waals surface area contributed by atoms with Crippen molar-refractivity contribution in [3.8, 4) is 0 Å². The van der Waals surface area contributed by atoms with Crippen molar-refractivity contribution in [2.24, 2.45) is 11.8 Å². The Morgan fingerprint density at radius 2 is 2.00 bits per heavy atom. The first-order valence-corrected chi connectivity index (χ1v) is 8.98. The van der Waals surface area contributed by atoms with Crippen LogP contribution >= 0.6 is 24.8 Å². The van der Waals surface area contributed by atoms with Gasteiger partial charge in [-0.1, -0.05) is 44.0 Å². The summed E-state index contributed by atoms with van der Waals surface area (Å²) in [4.78, 5) is 15.9. The lowest BCUT2D eigenvalue weighted by Gasteiger charge is -2.39. The molecule has 0 amide bonds. The fourth-order valence-electron chi connectivity index (χ4n) is 3.71. The average Bonchev–Trinajstić information content (AvgIpc) is 2.55.